The molecule has 3 atom stereocenters. The maximum atomic E-state index is 12.7. The van der Waals surface area contributed by atoms with Gasteiger partial charge in [-0.3, -0.25) is 9.36 Å². The first-order valence-corrected chi connectivity index (χ1v) is 20.2. The van der Waals surface area contributed by atoms with Gasteiger partial charge >= 0.3 is 0 Å². The normalized spacial score (nSPS) is 15.0. The molecule has 0 aliphatic carbocycles. The smallest absolute Gasteiger partial charge is 0.268 e. The third kappa shape index (κ3) is 31.6. The number of nitrogens with one attached hydrogen (secondary N) is 1. The number of nitrogens with zero attached hydrogens (tertiary/aromatic N) is 1. The molecule has 0 saturated carbocycles. The van der Waals surface area contributed by atoms with Gasteiger partial charge in [0.15, 0.2) is 0 Å². The maximum Gasteiger partial charge on any atom is 0.268 e. The molecule has 8 nitrogen and oxygen atoms in total. The summed E-state index contributed by atoms with van der Waals surface area (Å²) in [4.78, 5) is 25.1. The predicted octanol–water partition coefficient (Wildman–Crippen LogP) is 8.77. The number of likely N-dealkylation sites (N-methyl/N-ethyl adjacent to an activating group) is 1. The maximum absolute atomic E-state index is 12.7. The Kier molecular flexibility index (Phi) is 29.4. The van der Waals surface area contributed by atoms with Gasteiger partial charge in [-0.05, 0) is 19.3 Å². The minimum atomic E-state index is -4.58. The van der Waals surface area contributed by atoms with E-state index in [2.05, 4.69) is 25.2 Å². The molecule has 9 heteroatoms. The molecule has 0 spiro atoms. The minimum Gasteiger partial charge on any atom is -0.756 e. The van der Waals surface area contributed by atoms with Gasteiger partial charge < -0.3 is 28.8 Å². The SMILES string of the molecule is CCCCCCC/C=C/C=C/[C@@H](O)[C@H](COP(=O)([O-])OCC[N+](C)(C)C)NC(=O)CCCCCCCCCCCCCCCCC. The molecule has 0 aromatic heterocycles. The van der Waals surface area contributed by atoms with Crippen molar-refractivity contribution in [3.05, 3.63) is 24.3 Å². The van der Waals surface area contributed by atoms with Gasteiger partial charge in [-0.15, -0.1) is 0 Å². The van der Waals surface area contributed by atoms with Gasteiger partial charge in [-0.2, -0.15) is 0 Å². The number of quaternary nitrogens is 1. The fourth-order valence-electron chi connectivity index (χ4n) is 5.15. The molecule has 46 heavy (non-hydrogen) atoms. The summed E-state index contributed by atoms with van der Waals surface area (Å²) in [5, 5.41) is 13.6. The van der Waals surface area contributed by atoms with Crippen molar-refractivity contribution in [2.45, 2.75) is 167 Å². The van der Waals surface area contributed by atoms with Crippen LogP contribution in [0.25, 0.3) is 0 Å². The Morgan fingerprint density at radius 1 is 0.761 bits per heavy atom. The number of phosphoric ester groups is 1. The van der Waals surface area contributed by atoms with E-state index in [1.54, 1.807) is 12.2 Å². The lowest BCUT2D eigenvalue weighted by Gasteiger charge is -2.29. The zero-order valence-electron chi connectivity index (χ0n) is 30.5. The summed E-state index contributed by atoms with van der Waals surface area (Å²) in [5.41, 5.74) is 0. The highest BCUT2D eigenvalue weighted by Gasteiger charge is 2.23. The average Bonchev–Trinajstić information content (AvgIpc) is 2.99. The van der Waals surface area contributed by atoms with Crippen molar-refractivity contribution in [1.29, 1.82) is 0 Å². The summed E-state index contributed by atoms with van der Waals surface area (Å²) in [6.07, 6.45) is 32.4. The van der Waals surface area contributed by atoms with E-state index in [4.69, 9.17) is 9.05 Å². The van der Waals surface area contributed by atoms with Crippen LogP contribution in [0.15, 0.2) is 24.3 Å². The molecule has 2 N–H and O–H groups in total. The zero-order chi connectivity index (χ0) is 34.4. The molecule has 0 aromatic carbocycles. The second-order valence-corrected chi connectivity index (χ2v) is 15.4. The van der Waals surface area contributed by atoms with Crippen LogP contribution in [-0.2, 0) is 18.4 Å². The summed E-state index contributed by atoms with van der Waals surface area (Å²) >= 11 is 0. The molecule has 0 radical (unpaired) electrons. The Balaban J connectivity index is 4.50. The Bertz CT molecular complexity index is 814. The number of hydrogen-bond donors (Lipinski definition) is 2. The topological polar surface area (TPSA) is 108 Å². The fraction of sp³-hybridized carbons (Fsp3) is 0.865. The van der Waals surface area contributed by atoms with Crippen molar-refractivity contribution in [3.63, 3.8) is 0 Å². The fourth-order valence-corrected chi connectivity index (χ4v) is 5.87. The van der Waals surface area contributed by atoms with E-state index in [0.717, 1.165) is 32.1 Å². The standard InChI is InChI=1S/C37H73N2O6P/c1-6-8-10-12-14-16-17-18-19-20-21-23-25-27-29-31-37(41)38-35(34-45-46(42,43)44-33-32-39(3,4)5)36(40)30-28-26-24-22-15-13-11-9-7-2/h24,26,28,30,35-36,40H,6-23,25,27,29,31-34H2,1-5H3,(H-,38,41,42,43)/b26-24+,30-28+/t35-,36+/m0/s1. The highest BCUT2D eigenvalue weighted by molar-refractivity contribution is 7.45. The van der Waals surface area contributed by atoms with Crippen LogP contribution in [0.1, 0.15) is 155 Å². The minimum absolute atomic E-state index is 0.00775. The largest absolute Gasteiger partial charge is 0.756 e. The number of carbonyl (C=O) groups excluding carboxylic acids is 1. The highest BCUT2D eigenvalue weighted by Crippen LogP contribution is 2.38. The van der Waals surface area contributed by atoms with Crippen molar-refractivity contribution in [3.8, 4) is 0 Å². The molecular formula is C37H73N2O6P. The number of hydrogen-bond acceptors (Lipinski definition) is 6. The van der Waals surface area contributed by atoms with Crippen LogP contribution in [0.3, 0.4) is 0 Å². The van der Waals surface area contributed by atoms with E-state index < -0.39 is 26.6 Å². The average molecular weight is 673 g/mol. The third-order valence-electron chi connectivity index (χ3n) is 8.22. The number of allylic oxidation sites excluding steroid dienone is 3. The number of phosphoric acid groups is 1. The monoisotopic (exact) mass is 673 g/mol. The lowest BCUT2D eigenvalue weighted by Crippen LogP contribution is -2.45. The van der Waals surface area contributed by atoms with Gasteiger partial charge in [0.05, 0.1) is 39.9 Å². The summed E-state index contributed by atoms with van der Waals surface area (Å²) in [7, 11) is 1.23. The zero-order valence-corrected chi connectivity index (χ0v) is 31.4. The number of aliphatic hydroxyl groups excluding tert-OH is 1. The van der Waals surface area contributed by atoms with Crippen LogP contribution in [0, 0.1) is 0 Å². The molecule has 1 unspecified atom stereocenters. The van der Waals surface area contributed by atoms with E-state index in [9.17, 15) is 19.4 Å². The molecule has 0 fully saturated rings. The van der Waals surface area contributed by atoms with Crippen LogP contribution in [0.4, 0.5) is 0 Å². The summed E-state index contributed by atoms with van der Waals surface area (Å²) < 4.78 is 23.0. The van der Waals surface area contributed by atoms with Gasteiger partial charge in [0.25, 0.3) is 7.82 Å². The number of amides is 1. The van der Waals surface area contributed by atoms with Crippen LogP contribution < -0.4 is 10.2 Å². The van der Waals surface area contributed by atoms with Crippen LogP contribution in [0.2, 0.25) is 0 Å². The second-order valence-electron chi connectivity index (χ2n) is 14.0. The molecule has 0 rings (SSSR count). The quantitative estimate of drug-likeness (QED) is 0.0312. The molecule has 1 amide bonds. The summed E-state index contributed by atoms with van der Waals surface area (Å²) in [5.74, 6) is -0.218. The molecular weight excluding hydrogens is 599 g/mol. The van der Waals surface area contributed by atoms with Crippen LogP contribution in [0.5, 0.6) is 0 Å². The Hall–Kier alpha value is -1.02. The van der Waals surface area contributed by atoms with Crippen molar-refractivity contribution < 1.29 is 32.9 Å². The Morgan fingerprint density at radius 3 is 1.74 bits per heavy atom. The number of unbranched alkanes of at least 4 members (excludes halogenated alkanes) is 19. The van der Waals surface area contributed by atoms with E-state index in [1.807, 2.05) is 27.2 Å². The molecule has 0 bridgehead atoms. The van der Waals surface area contributed by atoms with Crippen LogP contribution in [-0.4, -0.2) is 68.5 Å². The molecule has 0 aliphatic heterocycles. The van der Waals surface area contributed by atoms with Gasteiger partial charge in [-0.25, -0.2) is 0 Å². The first-order chi connectivity index (χ1) is 22.0. The number of carbonyl (C=O) groups is 1. The molecule has 0 saturated heterocycles. The van der Waals surface area contributed by atoms with Gasteiger partial charge in [-0.1, -0.05) is 154 Å². The van der Waals surface area contributed by atoms with E-state index in [0.29, 0.717) is 17.4 Å². The Morgan fingerprint density at radius 2 is 1.24 bits per heavy atom. The second kappa shape index (κ2) is 30.1. The van der Waals surface area contributed by atoms with E-state index in [1.165, 1.54) is 103 Å². The van der Waals surface area contributed by atoms with Gasteiger partial charge in [0, 0.05) is 6.42 Å². The highest BCUT2D eigenvalue weighted by atomic mass is 31.2. The van der Waals surface area contributed by atoms with Gasteiger partial charge in [0.1, 0.15) is 13.2 Å². The van der Waals surface area contributed by atoms with E-state index >= 15 is 0 Å². The predicted molar refractivity (Wildman–Crippen MR) is 192 cm³/mol. The molecule has 0 aliphatic rings. The van der Waals surface area contributed by atoms with Crippen LogP contribution >= 0.6 is 7.82 Å². The lowest BCUT2D eigenvalue weighted by molar-refractivity contribution is -0.870. The first kappa shape index (κ1) is 45.0. The molecule has 272 valence electrons. The van der Waals surface area contributed by atoms with E-state index in [-0.39, 0.29) is 12.5 Å². The summed E-state index contributed by atoms with van der Waals surface area (Å²) in [6.45, 7) is 4.55. The Labute approximate surface area is 284 Å². The lowest BCUT2D eigenvalue weighted by atomic mass is 10.0. The number of aliphatic hydroxyl groups is 1. The van der Waals surface area contributed by atoms with Crippen molar-refractivity contribution in [1.82, 2.24) is 5.32 Å². The number of rotatable bonds is 33. The first-order valence-electron chi connectivity index (χ1n) is 18.7. The molecule has 0 aromatic rings. The van der Waals surface area contributed by atoms with Crippen molar-refractivity contribution in [2.24, 2.45) is 0 Å². The van der Waals surface area contributed by atoms with Crippen molar-refractivity contribution in [2.75, 3.05) is 40.9 Å². The van der Waals surface area contributed by atoms with Gasteiger partial charge in [0.2, 0.25) is 5.91 Å². The summed E-state index contributed by atoms with van der Waals surface area (Å²) in [6, 6.07) is -0.910. The third-order valence-corrected chi connectivity index (χ3v) is 9.18. The molecule has 0 heterocycles. The van der Waals surface area contributed by atoms with Crippen molar-refractivity contribution >= 4 is 13.7 Å².